The topological polar surface area (TPSA) is 107 Å². The summed E-state index contributed by atoms with van der Waals surface area (Å²) in [5.41, 5.74) is 0. The van der Waals surface area contributed by atoms with E-state index in [9.17, 15) is 20.1 Å². The molecule has 0 aromatic heterocycles. The quantitative estimate of drug-likeness (QED) is 0.358. The zero-order valence-corrected chi connectivity index (χ0v) is 16.6. The van der Waals surface area contributed by atoms with Crippen molar-refractivity contribution in [2.75, 3.05) is 0 Å². The molecular weight excluding hydrogens is 360 g/mol. The second-order valence-corrected chi connectivity index (χ2v) is 6.92. The molecule has 0 bridgehead atoms. The Kier molecular flexibility index (Phi) is 12.4. The van der Waals surface area contributed by atoms with Crippen LogP contribution in [0.3, 0.4) is 0 Å². The summed E-state index contributed by atoms with van der Waals surface area (Å²) < 4.78 is 5.72. The maximum atomic E-state index is 10.4. The van der Waals surface area contributed by atoms with Gasteiger partial charge in [-0.25, -0.2) is 0 Å². The first-order chi connectivity index (χ1) is 13.4. The monoisotopic (exact) mass is 394 g/mol. The lowest BCUT2D eigenvalue weighted by molar-refractivity contribution is -0.136. The molecule has 0 saturated carbocycles. The molecule has 0 unspecified atom stereocenters. The van der Waals surface area contributed by atoms with Crippen molar-refractivity contribution in [2.24, 2.45) is 0 Å². The first kappa shape index (κ1) is 24.3. The van der Waals surface area contributed by atoms with Crippen LogP contribution in [0.2, 0.25) is 0 Å². The first-order valence-electron chi connectivity index (χ1n) is 9.98. The van der Waals surface area contributed by atoms with Crippen molar-refractivity contribution >= 4 is 5.97 Å². The number of aliphatic hydroxyl groups is 3. The molecule has 28 heavy (non-hydrogen) atoms. The Hall–Kier alpha value is -1.73. The second kappa shape index (κ2) is 14.3. The van der Waals surface area contributed by atoms with Crippen LogP contribution in [0.25, 0.3) is 0 Å². The lowest BCUT2D eigenvalue weighted by Gasteiger charge is -2.16. The molecule has 6 nitrogen and oxygen atoms in total. The number of hydrogen-bond donors (Lipinski definition) is 4. The molecule has 1 saturated heterocycles. The molecule has 0 aromatic rings. The summed E-state index contributed by atoms with van der Waals surface area (Å²) in [5.74, 6) is -0.849. The molecular formula is C22H34O6. The number of carbonyl (C=O) groups is 1. The molecule has 5 atom stereocenters. The Morgan fingerprint density at radius 3 is 2.54 bits per heavy atom. The Balaban J connectivity index is 2.34. The molecule has 0 aromatic carbocycles. The summed E-state index contributed by atoms with van der Waals surface area (Å²) >= 11 is 0. The van der Waals surface area contributed by atoms with Gasteiger partial charge in [0.25, 0.3) is 0 Å². The Morgan fingerprint density at radius 1 is 1.11 bits per heavy atom. The van der Waals surface area contributed by atoms with E-state index in [1.807, 2.05) is 12.2 Å². The van der Waals surface area contributed by atoms with Crippen molar-refractivity contribution in [1.82, 2.24) is 0 Å². The van der Waals surface area contributed by atoms with Gasteiger partial charge in [0.2, 0.25) is 0 Å². The van der Waals surface area contributed by atoms with Gasteiger partial charge in [-0.2, -0.15) is 0 Å². The highest BCUT2D eigenvalue weighted by molar-refractivity contribution is 5.66. The summed E-state index contributed by atoms with van der Waals surface area (Å²) in [6, 6.07) is 0. The minimum absolute atomic E-state index is 0.0683. The predicted octanol–water partition coefficient (Wildman–Crippen LogP) is 2.90. The van der Waals surface area contributed by atoms with Gasteiger partial charge < -0.3 is 25.2 Å². The summed E-state index contributed by atoms with van der Waals surface area (Å²) in [6.45, 7) is 2.08. The molecule has 1 aliphatic heterocycles. The maximum absolute atomic E-state index is 10.4. The van der Waals surface area contributed by atoms with E-state index >= 15 is 0 Å². The van der Waals surface area contributed by atoms with Crippen molar-refractivity contribution < 1.29 is 30.0 Å². The van der Waals surface area contributed by atoms with Gasteiger partial charge in [0.05, 0.1) is 24.4 Å². The summed E-state index contributed by atoms with van der Waals surface area (Å²) in [6.07, 6.45) is 15.1. The number of carboxylic acids is 1. The van der Waals surface area contributed by atoms with E-state index in [-0.39, 0.29) is 6.42 Å². The molecule has 1 aliphatic rings. The fourth-order valence-electron chi connectivity index (χ4n) is 2.84. The predicted molar refractivity (Wildman–Crippen MR) is 109 cm³/mol. The maximum Gasteiger partial charge on any atom is 0.303 e. The lowest BCUT2D eigenvalue weighted by atomic mass is 10.0. The van der Waals surface area contributed by atoms with Gasteiger partial charge in [-0.15, -0.1) is 0 Å². The number of aliphatic hydroxyl groups excluding tert-OH is 3. The van der Waals surface area contributed by atoms with Crippen LogP contribution < -0.4 is 0 Å². The van der Waals surface area contributed by atoms with Crippen molar-refractivity contribution in [3.63, 3.8) is 0 Å². The largest absolute Gasteiger partial charge is 0.481 e. The van der Waals surface area contributed by atoms with E-state index in [2.05, 4.69) is 19.1 Å². The van der Waals surface area contributed by atoms with Crippen LogP contribution in [-0.4, -0.2) is 56.9 Å². The smallest absolute Gasteiger partial charge is 0.303 e. The minimum Gasteiger partial charge on any atom is -0.481 e. The third-order valence-corrected chi connectivity index (χ3v) is 4.42. The van der Waals surface area contributed by atoms with Crippen molar-refractivity contribution in [1.29, 1.82) is 0 Å². The van der Waals surface area contributed by atoms with E-state index in [0.717, 1.165) is 12.8 Å². The standard InChI is InChI=1S/C22H34O6/c1-2-3-4-5-6-9-12-18(24)21-16-19(25)20(28-21)15-14-17(23)11-8-7-10-13-22(26)27/h3-4,6-9,14-15,17-21,23-25H,2,5,10-13,16H2,1H3,(H,26,27)/b4-3-,8-7-,9-6-,15-14+/t17-,18+,19-,20+,21-/m0/s1. The highest BCUT2D eigenvalue weighted by Gasteiger charge is 2.35. The lowest BCUT2D eigenvalue weighted by Crippen LogP contribution is -2.25. The van der Waals surface area contributed by atoms with E-state index < -0.39 is 36.5 Å². The summed E-state index contributed by atoms with van der Waals surface area (Å²) in [5, 5.41) is 38.8. The number of hydrogen-bond acceptors (Lipinski definition) is 5. The zero-order valence-electron chi connectivity index (χ0n) is 16.6. The normalized spacial score (nSPS) is 25.5. The fraction of sp³-hybridized carbons (Fsp3) is 0.591. The number of aliphatic carboxylic acids is 1. The van der Waals surface area contributed by atoms with Crippen LogP contribution in [-0.2, 0) is 9.53 Å². The van der Waals surface area contributed by atoms with Gasteiger partial charge in [-0.1, -0.05) is 55.5 Å². The highest BCUT2D eigenvalue weighted by atomic mass is 16.5. The van der Waals surface area contributed by atoms with E-state index in [1.54, 1.807) is 24.3 Å². The molecule has 4 N–H and O–H groups in total. The molecule has 158 valence electrons. The van der Waals surface area contributed by atoms with Crippen LogP contribution in [0.15, 0.2) is 48.6 Å². The average Bonchev–Trinajstić information content (AvgIpc) is 3.03. The van der Waals surface area contributed by atoms with Crippen LogP contribution in [0, 0.1) is 0 Å². The SMILES string of the molecule is CC/C=C\C/C=C\C[C@@H](O)[C@@H]1C[C@H](O)[C@@H](/C=C/[C@@H](O)C/C=C\CCC(=O)O)O1. The minimum atomic E-state index is -0.849. The van der Waals surface area contributed by atoms with Gasteiger partial charge in [-0.05, 0) is 32.1 Å². The van der Waals surface area contributed by atoms with Crippen LogP contribution in [0.4, 0.5) is 0 Å². The van der Waals surface area contributed by atoms with Crippen molar-refractivity contribution in [3.05, 3.63) is 48.6 Å². The number of allylic oxidation sites excluding steroid dienone is 4. The second-order valence-electron chi connectivity index (χ2n) is 6.92. The highest BCUT2D eigenvalue weighted by Crippen LogP contribution is 2.25. The Bertz CT molecular complexity index is 551. The molecule has 6 heteroatoms. The van der Waals surface area contributed by atoms with Gasteiger partial charge in [0.15, 0.2) is 0 Å². The molecule has 0 amide bonds. The third-order valence-electron chi connectivity index (χ3n) is 4.42. The molecule has 0 radical (unpaired) electrons. The van der Waals surface area contributed by atoms with Gasteiger partial charge >= 0.3 is 5.97 Å². The van der Waals surface area contributed by atoms with Crippen LogP contribution in [0.5, 0.6) is 0 Å². The summed E-state index contributed by atoms with van der Waals surface area (Å²) in [4.78, 5) is 10.4. The summed E-state index contributed by atoms with van der Waals surface area (Å²) in [7, 11) is 0. The number of ether oxygens (including phenoxy) is 1. The van der Waals surface area contributed by atoms with Gasteiger partial charge in [0, 0.05) is 12.8 Å². The van der Waals surface area contributed by atoms with Gasteiger partial charge in [-0.3, -0.25) is 4.79 Å². The average molecular weight is 395 g/mol. The fourth-order valence-corrected chi connectivity index (χ4v) is 2.84. The van der Waals surface area contributed by atoms with Crippen molar-refractivity contribution in [2.45, 2.75) is 82.4 Å². The molecule has 1 fully saturated rings. The van der Waals surface area contributed by atoms with Crippen LogP contribution >= 0.6 is 0 Å². The van der Waals surface area contributed by atoms with Crippen LogP contribution in [0.1, 0.15) is 51.9 Å². The third kappa shape index (κ3) is 10.6. The van der Waals surface area contributed by atoms with Crippen molar-refractivity contribution in [3.8, 4) is 0 Å². The van der Waals surface area contributed by atoms with E-state index in [1.165, 1.54) is 0 Å². The molecule has 1 heterocycles. The van der Waals surface area contributed by atoms with Gasteiger partial charge in [0.1, 0.15) is 6.10 Å². The van der Waals surface area contributed by atoms with E-state index in [4.69, 9.17) is 9.84 Å². The first-order valence-corrected chi connectivity index (χ1v) is 9.98. The Morgan fingerprint density at radius 2 is 1.82 bits per heavy atom. The number of carboxylic acid groups (broad SMARTS) is 1. The molecule has 1 rings (SSSR count). The zero-order chi connectivity index (χ0) is 20.8. The van der Waals surface area contributed by atoms with E-state index in [0.29, 0.717) is 25.7 Å². The number of rotatable bonds is 13. The Labute approximate surface area is 167 Å². The molecule has 0 spiro atoms. The molecule has 0 aliphatic carbocycles.